The summed E-state index contributed by atoms with van der Waals surface area (Å²) in [6, 6.07) is 11.1. The lowest BCUT2D eigenvalue weighted by molar-refractivity contribution is 0.415. The summed E-state index contributed by atoms with van der Waals surface area (Å²) >= 11 is 1.29. The second-order valence-electron chi connectivity index (χ2n) is 4.35. The molecule has 1 aromatic carbocycles. The van der Waals surface area contributed by atoms with Gasteiger partial charge in [0.2, 0.25) is 0 Å². The Balaban J connectivity index is 1.90. The number of benzene rings is 1. The van der Waals surface area contributed by atoms with Gasteiger partial charge in [-0.15, -0.1) is 10.2 Å². The van der Waals surface area contributed by atoms with Gasteiger partial charge in [0.1, 0.15) is 11.4 Å². The van der Waals surface area contributed by atoms with Gasteiger partial charge in [-0.3, -0.25) is 4.98 Å². The molecule has 0 saturated heterocycles. The number of azo groups is 1. The monoisotopic (exact) mass is 311 g/mol. The predicted octanol–water partition coefficient (Wildman–Crippen LogP) is 4.21. The first kappa shape index (κ1) is 14.2. The molecular formula is C15H13N5OS. The van der Waals surface area contributed by atoms with Gasteiger partial charge < -0.3 is 10.5 Å². The summed E-state index contributed by atoms with van der Waals surface area (Å²) < 4.78 is 5.11. The molecule has 0 fully saturated rings. The van der Waals surface area contributed by atoms with Crippen LogP contribution in [0.3, 0.4) is 0 Å². The zero-order chi connectivity index (χ0) is 15.4. The maximum Gasteiger partial charge on any atom is 0.182 e. The van der Waals surface area contributed by atoms with E-state index in [9.17, 15) is 0 Å². The highest BCUT2D eigenvalue weighted by Gasteiger charge is 2.11. The van der Waals surface area contributed by atoms with Crippen LogP contribution in [0.2, 0.25) is 0 Å². The number of thiazole rings is 1. The first-order valence-electron chi connectivity index (χ1n) is 6.49. The number of hydrogen-bond donors (Lipinski definition) is 1. The van der Waals surface area contributed by atoms with E-state index in [0.29, 0.717) is 15.8 Å². The van der Waals surface area contributed by atoms with Gasteiger partial charge in [0, 0.05) is 18.0 Å². The van der Waals surface area contributed by atoms with Gasteiger partial charge in [-0.2, -0.15) is 0 Å². The molecule has 6 nitrogen and oxygen atoms in total. The minimum Gasteiger partial charge on any atom is -0.497 e. The third kappa shape index (κ3) is 3.09. The first-order chi connectivity index (χ1) is 10.8. The summed E-state index contributed by atoms with van der Waals surface area (Å²) in [6.07, 6.45) is 3.43. The zero-order valence-corrected chi connectivity index (χ0v) is 12.6. The average molecular weight is 311 g/mol. The van der Waals surface area contributed by atoms with E-state index in [4.69, 9.17) is 10.5 Å². The molecule has 0 aliphatic heterocycles. The predicted molar refractivity (Wildman–Crippen MR) is 86.9 cm³/mol. The van der Waals surface area contributed by atoms with E-state index < -0.39 is 0 Å². The number of hydrogen-bond acceptors (Lipinski definition) is 7. The van der Waals surface area contributed by atoms with Crippen LogP contribution in [-0.4, -0.2) is 17.1 Å². The van der Waals surface area contributed by atoms with Crippen molar-refractivity contribution < 1.29 is 4.74 Å². The Morgan fingerprint density at radius 2 is 1.95 bits per heavy atom. The van der Waals surface area contributed by atoms with Crippen molar-refractivity contribution in [3.05, 3.63) is 48.8 Å². The third-order valence-corrected chi connectivity index (χ3v) is 3.66. The number of rotatable bonds is 4. The van der Waals surface area contributed by atoms with Gasteiger partial charge in [-0.25, -0.2) is 4.98 Å². The molecule has 2 aromatic heterocycles. The van der Waals surface area contributed by atoms with Crippen molar-refractivity contribution in [2.75, 3.05) is 12.8 Å². The van der Waals surface area contributed by atoms with Crippen molar-refractivity contribution in [3.8, 4) is 17.0 Å². The fourth-order valence-electron chi connectivity index (χ4n) is 1.84. The highest BCUT2D eigenvalue weighted by molar-refractivity contribution is 7.19. The van der Waals surface area contributed by atoms with E-state index in [1.165, 1.54) is 11.3 Å². The van der Waals surface area contributed by atoms with Crippen LogP contribution in [0, 0.1) is 0 Å². The molecule has 0 bridgehead atoms. The molecule has 3 aromatic rings. The van der Waals surface area contributed by atoms with E-state index >= 15 is 0 Å². The molecular weight excluding hydrogens is 298 g/mol. The smallest absolute Gasteiger partial charge is 0.182 e. The van der Waals surface area contributed by atoms with Crippen LogP contribution in [0.4, 0.5) is 15.8 Å². The SMILES string of the molecule is COc1ccc(N=Nc2sc(N)nc2-c2cccnc2)cc1. The number of anilines is 1. The van der Waals surface area contributed by atoms with Gasteiger partial charge in [0.05, 0.1) is 12.8 Å². The van der Waals surface area contributed by atoms with Crippen LogP contribution >= 0.6 is 11.3 Å². The van der Waals surface area contributed by atoms with Crippen LogP contribution in [0.5, 0.6) is 5.75 Å². The van der Waals surface area contributed by atoms with Crippen molar-refractivity contribution in [3.63, 3.8) is 0 Å². The van der Waals surface area contributed by atoms with Gasteiger partial charge in [0.15, 0.2) is 10.1 Å². The Labute approximate surface area is 131 Å². The van der Waals surface area contributed by atoms with Crippen molar-refractivity contribution in [1.82, 2.24) is 9.97 Å². The molecule has 0 radical (unpaired) electrons. The Morgan fingerprint density at radius 3 is 2.64 bits per heavy atom. The number of pyridine rings is 1. The molecule has 0 unspecified atom stereocenters. The normalized spacial score (nSPS) is 11.0. The molecule has 3 rings (SSSR count). The Morgan fingerprint density at radius 1 is 1.14 bits per heavy atom. The molecule has 22 heavy (non-hydrogen) atoms. The average Bonchev–Trinajstić information content (AvgIpc) is 2.95. The van der Waals surface area contributed by atoms with Crippen molar-refractivity contribution >= 4 is 27.2 Å². The quantitative estimate of drug-likeness (QED) is 0.731. The van der Waals surface area contributed by atoms with Crippen LogP contribution in [-0.2, 0) is 0 Å². The maximum absolute atomic E-state index is 5.79. The van der Waals surface area contributed by atoms with E-state index in [1.807, 2.05) is 36.4 Å². The molecule has 0 aliphatic rings. The molecule has 0 saturated carbocycles. The summed E-state index contributed by atoms with van der Waals surface area (Å²) in [7, 11) is 1.62. The third-order valence-electron chi connectivity index (χ3n) is 2.89. The second kappa shape index (κ2) is 6.31. The summed E-state index contributed by atoms with van der Waals surface area (Å²) in [5, 5.41) is 9.58. The van der Waals surface area contributed by atoms with E-state index in [1.54, 1.807) is 19.5 Å². The fourth-order valence-corrected chi connectivity index (χ4v) is 2.52. The fraction of sp³-hybridized carbons (Fsp3) is 0.0667. The Bertz CT molecular complexity index is 783. The summed E-state index contributed by atoms with van der Waals surface area (Å²) in [6.45, 7) is 0. The second-order valence-corrected chi connectivity index (χ2v) is 5.35. The number of aromatic nitrogens is 2. The van der Waals surface area contributed by atoms with Crippen molar-refractivity contribution in [2.24, 2.45) is 10.2 Å². The molecule has 0 atom stereocenters. The number of nitrogens with zero attached hydrogens (tertiary/aromatic N) is 4. The molecule has 0 spiro atoms. The molecule has 7 heteroatoms. The number of methoxy groups -OCH3 is 1. The van der Waals surface area contributed by atoms with E-state index in [0.717, 1.165) is 17.0 Å². The lowest BCUT2D eigenvalue weighted by atomic mass is 10.2. The topological polar surface area (TPSA) is 85.8 Å². The molecule has 0 amide bonds. The van der Waals surface area contributed by atoms with Crippen LogP contribution in [0.25, 0.3) is 11.3 Å². The largest absolute Gasteiger partial charge is 0.497 e. The minimum atomic E-state index is 0.447. The zero-order valence-electron chi connectivity index (χ0n) is 11.8. The summed E-state index contributed by atoms with van der Waals surface area (Å²) in [5.74, 6) is 0.775. The Kier molecular flexibility index (Phi) is 4.06. The highest BCUT2D eigenvalue weighted by atomic mass is 32.1. The van der Waals surface area contributed by atoms with Gasteiger partial charge in [-0.1, -0.05) is 11.3 Å². The van der Waals surface area contributed by atoms with Crippen molar-refractivity contribution in [2.45, 2.75) is 0 Å². The number of ether oxygens (including phenoxy) is 1. The van der Waals surface area contributed by atoms with Gasteiger partial charge >= 0.3 is 0 Å². The lowest BCUT2D eigenvalue weighted by Gasteiger charge is -1.98. The maximum atomic E-state index is 5.79. The first-order valence-corrected chi connectivity index (χ1v) is 7.30. The lowest BCUT2D eigenvalue weighted by Crippen LogP contribution is -1.83. The van der Waals surface area contributed by atoms with E-state index in [-0.39, 0.29) is 0 Å². The van der Waals surface area contributed by atoms with Gasteiger partial charge in [-0.05, 0) is 36.4 Å². The molecule has 0 aliphatic carbocycles. The van der Waals surface area contributed by atoms with Crippen molar-refractivity contribution in [1.29, 1.82) is 0 Å². The number of nitrogen functional groups attached to an aromatic ring is 1. The van der Waals surface area contributed by atoms with Crippen LogP contribution in [0.15, 0.2) is 59.0 Å². The standard InChI is InChI=1S/C15H13N5OS/c1-21-12-6-4-11(5-7-12)19-20-14-13(18-15(16)22-14)10-3-2-8-17-9-10/h2-9H,1H3,(H2,16,18). The van der Waals surface area contributed by atoms with E-state index in [2.05, 4.69) is 20.2 Å². The number of nitrogens with two attached hydrogens (primary N) is 1. The highest BCUT2D eigenvalue weighted by Crippen LogP contribution is 2.37. The molecule has 110 valence electrons. The van der Waals surface area contributed by atoms with Gasteiger partial charge in [0.25, 0.3) is 0 Å². The summed E-state index contributed by atoms with van der Waals surface area (Å²) in [5.41, 5.74) is 8.07. The molecule has 2 N–H and O–H groups in total. The Hall–Kier alpha value is -2.80. The van der Waals surface area contributed by atoms with Crippen LogP contribution in [0.1, 0.15) is 0 Å². The minimum absolute atomic E-state index is 0.447. The van der Waals surface area contributed by atoms with Crippen LogP contribution < -0.4 is 10.5 Å². The molecule has 2 heterocycles. The summed E-state index contributed by atoms with van der Waals surface area (Å²) in [4.78, 5) is 8.39.